The van der Waals surface area contributed by atoms with E-state index < -0.39 is 5.54 Å². The van der Waals surface area contributed by atoms with Gasteiger partial charge in [0.1, 0.15) is 12.1 Å². The number of carbonyl (C=O) groups excluding carboxylic acids is 1. The molecule has 0 atom stereocenters. The fraction of sp³-hybridized carbons (Fsp3) is 0.400. The summed E-state index contributed by atoms with van der Waals surface area (Å²) in [5.41, 5.74) is 6.40. The van der Waals surface area contributed by atoms with Crippen LogP contribution in [0, 0.1) is 0 Å². The van der Waals surface area contributed by atoms with Crippen LogP contribution in [0.2, 0.25) is 0 Å². The van der Waals surface area contributed by atoms with E-state index in [1.54, 1.807) is 18.7 Å². The van der Waals surface area contributed by atoms with E-state index in [0.29, 0.717) is 6.54 Å². The lowest BCUT2D eigenvalue weighted by molar-refractivity contribution is -0.126. The van der Waals surface area contributed by atoms with Gasteiger partial charge in [0.05, 0.1) is 5.54 Å². The summed E-state index contributed by atoms with van der Waals surface area (Å²) in [7, 11) is 0. The maximum atomic E-state index is 12.3. The molecular weight excluding hydrogens is 266 g/mol. The Morgan fingerprint density at radius 3 is 2.90 bits per heavy atom. The van der Waals surface area contributed by atoms with Gasteiger partial charge in [0.2, 0.25) is 5.91 Å². The maximum Gasteiger partial charge on any atom is 0.240 e. The fourth-order valence-corrected chi connectivity index (χ4v) is 2.77. The molecule has 110 valence electrons. The smallest absolute Gasteiger partial charge is 0.240 e. The number of imidazole rings is 1. The average Bonchev–Trinajstić information content (AvgIpc) is 3.17. The third-order valence-electron chi connectivity index (χ3n) is 4.00. The Balaban J connectivity index is 1.73. The molecule has 1 fully saturated rings. The highest BCUT2D eigenvalue weighted by molar-refractivity contribution is 5.86. The number of rotatable bonds is 4. The standard InChI is InChI=1S/C15H19N5O/c16-15(5-1-2-6-15)14(21)19-10-12-4-3-7-18-13(12)20-9-8-17-11-20/h3-4,7-9,11H,1-2,5-6,10,16H2,(H,19,21). The van der Waals surface area contributed by atoms with Crippen LogP contribution in [0.1, 0.15) is 31.2 Å². The number of amides is 1. The van der Waals surface area contributed by atoms with Crippen molar-refractivity contribution in [1.82, 2.24) is 19.9 Å². The lowest BCUT2D eigenvalue weighted by Crippen LogP contribution is -2.51. The Hall–Kier alpha value is -2.21. The molecule has 21 heavy (non-hydrogen) atoms. The Bertz CT molecular complexity index is 617. The molecule has 1 saturated carbocycles. The van der Waals surface area contributed by atoms with Gasteiger partial charge >= 0.3 is 0 Å². The van der Waals surface area contributed by atoms with Crippen LogP contribution in [-0.4, -0.2) is 26.0 Å². The van der Waals surface area contributed by atoms with Crippen LogP contribution < -0.4 is 11.1 Å². The van der Waals surface area contributed by atoms with Crippen LogP contribution in [0.25, 0.3) is 5.82 Å². The number of aromatic nitrogens is 3. The predicted octanol–water partition coefficient (Wildman–Crippen LogP) is 1.15. The van der Waals surface area contributed by atoms with Crippen LogP contribution in [0.4, 0.5) is 0 Å². The number of hydrogen-bond acceptors (Lipinski definition) is 4. The summed E-state index contributed by atoms with van der Waals surface area (Å²) in [6, 6.07) is 3.80. The van der Waals surface area contributed by atoms with Gasteiger partial charge in [-0.05, 0) is 18.9 Å². The van der Waals surface area contributed by atoms with Gasteiger partial charge in [0, 0.05) is 30.7 Å². The fourth-order valence-electron chi connectivity index (χ4n) is 2.77. The molecule has 6 nitrogen and oxygen atoms in total. The van der Waals surface area contributed by atoms with Crippen molar-refractivity contribution in [1.29, 1.82) is 0 Å². The Morgan fingerprint density at radius 1 is 1.38 bits per heavy atom. The molecule has 0 saturated heterocycles. The van der Waals surface area contributed by atoms with Crippen LogP contribution in [-0.2, 0) is 11.3 Å². The summed E-state index contributed by atoms with van der Waals surface area (Å²) in [6.07, 6.45) is 10.5. The van der Waals surface area contributed by atoms with Crippen LogP contribution in [0.5, 0.6) is 0 Å². The zero-order valence-electron chi connectivity index (χ0n) is 11.8. The van der Waals surface area contributed by atoms with Crippen molar-refractivity contribution in [2.45, 2.75) is 37.8 Å². The molecule has 0 spiro atoms. The van der Waals surface area contributed by atoms with Gasteiger partial charge in [-0.25, -0.2) is 9.97 Å². The molecule has 2 aromatic heterocycles. The van der Waals surface area contributed by atoms with Gasteiger partial charge in [-0.1, -0.05) is 18.9 Å². The van der Waals surface area contributed by atoms with E-state index in [2.05, 4.69) is 15.3 Å². The molecule has 1 amide bonds. The first-order valence-electron chi connectivity index (χ1n) is 7.18. The number of nitrogens with one attached hydrogen (secondary N) is 1. The lowest BCUT2D eigenvalue weighted by Gasteiger charge is -2.22. The number of nitrogens with zero attached hydrogens (tertiary/aromatic N) is 3. The van der Waals surface area contributed by atoms with E-state index in [-0.39, 0.29) is 5.91 Å². The number of hydrogen-bond donors (Lipinski definition) is 2. The first-order valence-corrected chi connectivity index (χ1v) is 7.18. The summed E-state index contributed by atoms with van der Waals surface area (Å²) >= 11 is 0. The van der Waals surface area contributed by atoms with Crippen molar-refractivity contribution in [2.24, 2.45) is 5.73 Å². The first-order chi connectivity index (χ1) is 10.2. The van der Waals surface area contributed by atoms with E-state index in [4.69, 9.17) is 5.73 Å². The largest absolute Gasteiger partial charge is 0.350 e. The monoisotopic (exact) mass is 285 g/mol. The van der Waals surface area contributed by atoms with Gasteiger partial charge < -0.3 is 11.1 Å². The first kappa shape index (κ1) is 13.8. The van der Waals surface area contributed by atoms with E-state index in [9.17, 15) is 4.79 Å². The molecule has 1 aliphatic rings. The summed E-state index contributed by atoms with van der Waals surface area (Å²) in [6.45, 7) is 0.416. The van der Waals surface area contributed by atoms with E-state index in [0.717, 1.165) is 37.1 Å². The minimum absolute atomic E-state index is 0.0690. The van der Waals surface area contributed by atoms with Crippen LogP contribution >= 0.6 is 0 Å². The van der Waals surface area contributed by atoms with Crippen molar-refractivity contribution in [2.75, 3.05) is 0 Å². The predicted molar refractivity (Wildman–Crippen MR) is 78.6 cm³/mol. The molecular formula is C15H19N5O. The molecule has 0 aromatic carbocycles. The average molecular weight is 285 g/mol. The normalized spacial score (nSPS) is 16.8. The summed E-state index contributed by atoms with van der Waals surface area (Å²) in [4.78, 5) is 20.6. The molecule has 0 unspecified atom stereocenters. The van der Waals surface area contributed by atoms with Crippen molar-refractivity contribution in [3.8, 4) is 5.82 Å². The number of pyridine rings is 1. The van der Waals surface area contributed by atoms with Gasteiger partial charge in [0.15, 0.2) is 0 Å². The lowest BCUT2D eigenvalue weighted by atomic mass is 9.98. The van der Waals surface area contributed by atoms with Crippen molar-refractivity contribution >= 4 is 5.91 Å². The SMILES string of the molecule is NC1(C(=O)NCc2cccnc2-n2ccnc2)CCCC1. The minimum Gasteiger partial charge on any atom is -0.350 e. The zero-order chi connectivity index (χ0) is 14.7. The number of carbonyl (C=O) groups is 1. The molecule has 6 heteroatoms. The highest BCUT2D eigenvalue weighted by atomic mass is 16.2. The van der Waals surface area contributed by atoms with Crippen LogP contribution in [0.3, 0.4) is 0 Å². The Labute approximate surface area is 123 Å². The molecule has 3 rings (SSSR count). The highest BCUT2D eigenvalue weighted by Crippen LogP contribution is 2.27. The van der Waals surface area contributed by atoms with Gasteiger partial charge in [-0.3, -0.25) is 9.36 Å². The van der Waals surface area contributed by atoms with Crippen molar-refractivity contribution < 1.29 is 4.79 Å². The third-order valence-corrected chi connectivity index (χ3v) is 4.00. The second-order valence-electron chi connectivity index (χ2n) is 5.50. The minimum atomic E-state index is -0.697. The van der Waals surface area contributed by atoms with Crippen molar-refractivity contribution in [3.63, 3.8) is 0 Å². The van der Waals surface area contributed by atoms with E-state index in [1.807, 2.05) is 22.9 Å². The van der Waals surface area contributed by atoms with E-state index in [1.165, 1.54) is 0 Å². The molecule has 1 aliphatic carbocycles. The highest BCUT2D eigenvalue weighted by Gasteiger charge is 2.36. The molecule has 0 bridgehead atoms. The molecule has 0 aliphatic heterocycles. The topological polar surface area (TPSA) is 85.8 Å². The molecule has 2 heterocycles. The summed E-state index contributed by atoms with van der Waals surface area (Å²) < 4.78 is 1.83. The van der Waals surface area contributed by atoms with Crippen molar-refractivity contribution in [3.05, 3.63) is 42.6 Å². The summed E-state index contributed by atoms with van der Waals surface area (Å²) in [5.74, 6) is 0.702. The maximum absolute atomic E-state index is 12.3. The van der Waals surface area contributed by atoms with Crippen LogP contribution in [0.15, 0.2) is 37.1 Å². The molecule has 0 radical (unpaired) electrons. The second kappa shape index (κ2) is 5.65. The number of nitrogens with two attached hydrogens (primary N) is 1. The molecule has 2 aromatic rings. The van der Waals surface area contributed by atoms with E-state index >= 15 is 0 Å². The molecule has 3 N–H and O–H groups in total. The Morgan fingerprint density at radius 2 is 2.19 bits per heavy atom. The second-order valence-corrected chi connectivity index (χ2v) is 5.50. The summed E-state index contributed by atoms with van der Waals surface area (Å²) in [5, 5.41) is 2.95. The quantitative estimate of drug-likeness (QED) is 0.882. The third kappa shape index (κ3) is 2.80. The van der Waals surface area contributed by atoms with Gasteiger partial charge in [-0.15, -0.1) is 0 Å². The zero-order valence-corrected chi connectivity index (χ0v) is 11.8. The Kier molecular flexibility index (Phi) is 3.70. The van der Waals surface area contributed by atoms with Gasteiger partial charge in [-0.2, -0.15) is 0 Å². The van der Waals surface area contributed by atoms with Gasteiger partial charge in [0.25, 0.3) is 0 Å².